The van der Waals surface area contributed by atoms with Crippen LogP contribution in [-0.4, -0.2) is 62.1 Å². The highest BCUT2D eigenvalue weighted by atomic mass is 19.3. The van der Waals surface area contributed by atoms with Gasteiger partial charge in [-0.25, -0.2) is 0 Å². The lowest BCUT2D eigenvalue weighted by Crippen LogP contribution is -2.42. The van der Waals surface area contributed by atoms with Gasteiger partial charge in [0.2, 0.25) is 5.91 Å². The highest BCUT2D eigenvalue weighted by Gasteiger charge is 2.52. The Morgan fingerprint density at radius 3 is 2.38 bits per heavy atom. The van der Waals surface area contributed by atoms with Crippen molar-refractivity contribution in [1.82, 2.24) is 4.57 Å². The van der Waals surface area contributed by atoms with Gasteiger partial charge in [0, 0.05) is 36.3 Å². The number of aromatic nitrogens is 1. The van der Waals surface area contributed by atoms with Gasteiger partial charge in [-0.05, 0) is 54.8 Å². The fourth-order valence-corrected chi connectivity index (χ4v) is 5.10. The molecule has 2 aliphatic rings. The van der Waals surface area contributed by atoms with Gasteiger partial charge < -0.3 is 39.8 Å². The minimum atomic E-state index is -3.73. The lowest BCUT2D eigenvalue weighted by Gasteiger charge is -2.27. The van der Waals surface area contributed by atoms with E-state index >= 15 is 0 Å². The molecule has 5 rings (SSSR count). The van der Waals surface area contributed by atoms with Crippen LogP contribution in [0.2, 0.25) is 0 Å². The number of fused-ring (bicyclic) bond motifs is 2. The number of carbonyl (C=O) groups is 1. The number of hydrogen-bond donors (Lipinski definition) is 5. The number of aliphatic hydroxyl groups excluding tert-OH is 4. The molecule has 1 aliphatic heterocycles. The van der Waals surface area contributed by atoms with Gasteiger partial charge in [-0.15, -0.1) is 8.78 Å². The zero-order chi connectivity index (χ0) is 28.3. The normalized spacial score (nSPS) is 19.5. The van der Waals surface area contributed by atoms with Gasteiger partial charge in [0.05, 0.1) is 18.6 Å². The van der Waals surface area contributed by atoms with Crippen LogP contribution in [0.1, 0.15) is 53.4 Å². The molecule has 3 atom stereocenters. The van der Waals surface area contributed by atoms with Crippen molar-refractivity contribution in [1.29, 1.82) is 0 Å². The number of nitrogens with zero attached hydrogens (tertiary/aromatic N) is 1. The van der Waals surface area contributed by atoms with Crippen molar-refractivity contribution in [3.8, 4) is 11.5 Å². The van der Waals surface area contributed by atoms with Crippen molar-refractivity contribution in [3.63, 3.8) is 0 Å². The Labute approximate surface area is 232 Å². The summed E-state index contributed by atoms with van der Waals surface area (Å²) < 4.78 is 37.8. The predicted molar refractivity (Wildman–Crippen MR) is 151 cm³/mol. The van der Waals surface area contributed by atoms with Crippen LogP contribution in [0.15, 0.2) is 42.5 Å². The number of nitrogens with one attached hydrogen (secondary N) is 1. The number of halogens is 2. The first kappa shape index (κ1) is 27.3. The number of benzene rings is 2. The van der Waals surface area contributed by atoms with Crippen molar-refractivity contribution in [2.24, 2.45) is 0 Å². The smallest absolute Gasteiger partial charge is 0.395 e. The van der Waals surface area contributed by atoms with Crippen LogP contribution in [-0.2, 0) is 22.2 Å². The molecule has 2 aromatic carbocycles. The lowest BCUT2D eigenvalue weighted by atomic mass is 9.92. The van der Waals surface area contributed by atoms with Gasteiger partial charge in [0.1, 0.15) is 18.3 Å². The number of amides is 1. The van der Waals surface area contributed by atoms with Gasteiger partial charge in [-0.1, -0.05) is 26.8 Å². The Hall–Kier alpha value is -3.25. The van der Waals surface area contributed by atoms with Crippen LogP contribution in [0.4, 0.5) is 14.5 Å². The van der Waals surface area contributed by atoms with Gasteiger partial charge >= 0.3 is 6.29 Å². The summed E-state index contributed by atoms with van der Waals surface area (Å²) in [5.41, 5.74) is 1.53. The third kappa shape index (κ3) is 5.07. The second kappa shape index (κ2) is 9.44. The maximum Gasteiger partial charge on any atom is 0.586 e. The number of anilines is 1. The largest absolute Gasteiger partial charge is 0.586 e. The van der Waals surface area contributed by atoms with Crippen LogP contribution in [0.3, 0.4) is 0 Å². The molecule has 1 fully saturated rings. The number of aliphatic hydroxyl groups is 4. The van der Waals surface area contributed by atoms with E-state index in [1.807, 2.05) is 31.4 Å². The Morgan fingerprint density at radius 2 is 1.74 bits per heavy atom. The van der Waals surface area contributed by atoms with Crippen molar-refractivity contribution in [3.05, 3.63) is 53.7 Å². The maximum absolute atomic E-state index is 13.4. The summed E-state index contributed by atoms with van der Waals surface area (Å²) in [7, 11) is 0. The summed E-state index contributed by atoms with van der Waals surface area (Å²) in [6.45, 7) is 5.31. The van der Waals surface area contributed by atoms with Crippen molar-refractivity contribution in [2.75, 3.05) is 11.9 Å². The highest BCUT2D eigenvalue weighted by molar-refractivity contribution is 6.02. The van der Waals surface area contributed by atoms with Crippen LogP contribution < -0.4 is 14.8 Å². The number of carbonyl (C=O) groups excluding carboxylic acids is 1. The number of hydrogen-bond acceptors (Lipinski definition) is 7. The zero-order valence-corrected chi connectivity index (χ0v) is 21.8. The molecule has 11 heteroatoms. The summed E-state index contributed by atoms with van der Waals surface area (Å²) >= 11 is 0. The highest BCUT2D eigenvalue weighted by Crippen LogP contribution is 2.52. The fourth-order valence-electron chi connectivity index (χ4n) is 5.10. The van der Waals surface area contributed by atoms with Crippen LogP contribution in [0, 0.1) is 0 Å². The van der Waals surface area contributed by atoms with Crippen molar-refractivity contribution < 1.29 is 52.0 Å². The van der Waals surface area contributed by atoms with Gasteiger partial charge in [0.25, 0.3) is 0 Å². The topological polar surface area (TPSA) is 133 Å². The molecule has 1 amide bonds. The molecular formula is C28H44F2N2O7. The summed E-state index contributed by atoms with van der Waals surface area (Å²) in [4.78, 5) is 13.4. The summed E-state index contributed by atoms with van der Waals surface area (Å²) in [5, 5.41) is 43.3. The third-order valence-electron chi connectivity index (χ3n) is 7.41. The molecule has 0 saturated heterocycles. The number of rotatable bonds is 8. The molecule has 39 heavy (non-hydrogen) atoms. The maximum atomic E-state index is 13.4. The van der Waals surface area contributed by atoms with E-state index in [0.29, 0.717) is 24.1 Å². The summed E-state index contributed by atoms with van der Waals surface area (Å²) in [6.07, 6.45) is -6.96. The van der Waals surface area contributed by atoms with Crippen LogP contribution in [0.25, 0.3) is 10.9 Å². The van der Waals surface area contributed by atoms with Crippen LogP contribution >= 0.6 is 0 Å². The fraction of sp³-hybridized carbons (Fsp3) is 0.464. The van der Waals surface area contributed by atoms with Crippen molar-refractivity contribution in [2.45, 2.75) is 75.6 Å². The molecule has 1 aromatic heterocycles. The molecule has 3 aromatic rings. The summed E-state index contributed by atoms with van der Waals surface area (Å²) in [5.74, 6) is -0.444. The molecule has 9 nitrogen and oxygen atoms in total. The number of alkyl halides is 2. The van der Waals surface area contributed by atoms with E-state index < -0.39 is 36.6 Å². The SMILES string of the molecule is CC(C)(C)c1cc2cc(NC(=O)C3(c4ccc5c(c4)OC(F)(F)O5)CC3)ccc2n1C[C@@H](O)[C@H](O)[C@@H](O)CO.[HH].[HH].[HH].[HH].[HH].[HH]. The molecule has 222 valence electrons. The monoisotopic (exact) mass is 558 g/mol. The Kier molecular flexibility index (Phi) is 6.61. The standard InChI is InChI=1S/C28H32F2N2O7.6H2/c1-26(2,3)23-11-15-10-17(5-6-18(15)32(23)13-19(34)24(36)20(35)14-33)31-25(37)27(8-9-27)16-4-7-21-22(12-16)39-28(29,30)38-21;;;;;;/h4-7,10-12,19-20,24,33-36H,8-9,13-14H2,1-3H3,(H,31,37);6*1H/t19-,20+,24+;;;;;;/m1....../s1. The first-order valence-corrected chi connectivity index (χ1v) is 12.7. The van der Waals surface area contributed by atoms with E-state index in [9.17, 15) is 28.9 Å². The second-order valence-electron chi connectivity index (χ2n) is 11.3. The lowest BCUT2D eigenvalue weighted by molar-refractivity contribution is -0.286. The molecule has 1 saturated carbocycles. The molecule has 2 heterocycles. The quantitative estimate of drug-likeness (QED) is 0.275. The van der Waals surface area contributed by atoms with Crippen molar-refractivity contribution >= 4 is 22.5 Å². The summed E-state index contributed by atoms with van der Waals surface area (Å²) in [6, 6.07) is 11.7. The number of ether oxygens (including phenoxy) is 2. The van der Waals surface area contributed by atoms with E-state index in [1.165, 1.54) is 12.1 Å². The molecular weight excluding hydrogens is 514 g/mol. The zero-order valence-electron chi connectivity index (χ0n) is 21.8. The van der Waals surface area contributed by atoms with E-state index in [1.54, 1.807) is 24.3 Å². The van der Waals surface area contributed by atoms with Gasteiger partial charge in [-0.2, -0.15) is 0 Å². The van der Waals surface area contributed by atoms with E-state index in [0.717, 1.165) is 16.6 Å². The first-order chi connectivity index (χ1) is 18.2. The Balaban J connectivity index is 0. The molecule has 0 spiro atoms. The van der Waals surface area contributed by atoms with E-state index in [4.69, 9.17) is 5.11 Å². The average molecular weight is 559 g/mol. The third-order valence-corrected chi connectivity index (χ3v) is 7.41. The molecule has 0 unspecified atom stereocenters. The van der Waals surface area contributed by atoms with E-state index in [-0.39, 0.29) is 37.9 Å². The average Bonchev–Trinajstić information content (AvgIpc) is 3.51. The Bertz CT molecular complexity index is 1440. The van der Waals surface area contributed by atoms with Crippen LogP contribution in [0.5, 0.6) is 11.5 Å². The molecule has 0 radical (unpaired) electrons. The minimum Gasteiger partial charge on any atom is -0.395 e. The molecule has 1 aliphatic carbocycles. The molecule has 5 N–H and O–H groups in total. The minimum absolute atomic E-state index is 0. The predicted octanol–water partition coefficient (Wildman–Crippen LogP) is 4.48. The van der Waals surface area contributed by atoms with E-state index in [2.05, 4.69) is 14.8 Å². The van der Waals surface area contributed by atoms with Gasteiger partial charge in [0.15, 0.2) is 11.5 Å². The van der Waals surface area contributed by atoms with Gasteiger partial charge in [-0.3, -0.25) is 4.79 Å². The molecule has 0 bridgehead atoms. The first-order valence-electron chi connectivity index (χ1n) is 12.7. The second-order valence-corrected chi connectivity index (χ2v) is 11.3. The Morgan fingerprint density at radius 1 is 1.05 bits per heavy atom.